The van der Waals surface area contributed by atoms with Crippen LogP contribution in [0.2, 0.25) is 0 Å². The summed E-state index contributed by atoms with van der Waals surface area (Å²) in [5.74, 6) is 0.478. The number of azide groups is 1. The van der Waals surface area contributed by atoms with Gasteiger partial charge in [0.1, 0.15) is 5.75 Å². The molecule has 1 aliphatic rings. The molecular weight excluding hydrogens is 520 g/mol. The summed E-state index contributed by atoms with van der Waals surface area (Å²) >= 11 is 0. The molecule has 0 aromatic heterocycles. The third-order valence-electron chi connectivity index (χ3n) is 6.39. The lowest BCUT2D eigenvalue weighted by Gasteiger charge is -2.30. The lowest BCUT2D eigenvalue weighted by atomic mass is 9.83. The maximum Gasteiger partial charge on any atom is 0.266 e. The fraction of sp³-hybridized carbons (Fsp3) is 0.226. The van der Waals surface area contributed by atoms with Crippen molar-refractivity contribution in [2.45, 2.75) is 24.5 Å². The number of nitrogens with zero attached hydrogens (tertiary/aromatic N) is 4. The summed E-state index contributed by atoms with van der Waals surface area (Å²) in [7, 11) is 0. The molecule has 0 bridgehead atoms. The number of hydrazine groups is 1. The Hall–Kier alpha value is -4.89. The average molecular weight is 553 g/mol. The van der Waals surface area contributed by atoms with Gasteiger partial charge in [-0.05, 0) is 35.4 Å². The number of rotatable bonds is 14. The highest BCUT2D eigenvalue weighted by Gasteiger charge is 2.53. The molecule has 10 nitrogen and oxygen atoms in total. The van der Waals surface area contributed by atoms with E-state index in [4.69, 9.17) is 19.6 Å². The van der Waals surface area contributed by atoms with Crippen LogP contribution in [-0.4, -0.2) is 42.2 Å². The summed E-state index contributed by atoms with van der Waals surface area (Å²) in [5.41, 5.74) is 15.9. The molecule has 4 rings (SSSR count). The van der Waals surface area contributed by atoms with Crippen LogP contribution in [0.15, 0.2) is 108 Å². The summed E-state index contributed by atoms with van der Waals surface area (Å²) in [4.78, 5) is 21.8. The number of aliphatic imine (C=N–C) groups is 1. The third kappa shape index (κ3) is 7.20. The fourth-order valence-electron chi connectivity index (χ4n) is 4.39. The minimum atomic E-state index is -1.45. The van der Waals surface area contributed by atoms with Crippen LogP contribution in [0.4, 0.5) is 5.69 Å². The van der Waals surface area contributed by atoms with E-state index in [2.05, 4.69) is 27.5 Å². The number of carbonyl (C=O) groups excluding carboxylic acids is 1. The molecule has 2 atom stereocenters. The van der Waals surface area contributed by atoms with Crippen LogP contribution < -0.4 is 15.6 Å². The molecule has 0 aliphatic carbocycles. The van der Waals surface area contributed by atoms with Crippen molar-refractivity contribution in [2.75, 3.05) is 19.8 Å². The van der Waals surface area contributed by atoms with E-state index in [0.717, 1.165) is 5.56 Å². The van der Waals surface area contributed by atoms with Crippen molar-refractivity contribution in [3.05, 3.63) is 125 Å². The van der Waals surface area contributed by atoms with Crippen molar-refractivity contribution in [2.24, 2.45) is 10.1 Å². The van der Waals surface area contributed by atoms with E-state index in [9.17, 15) is 10.3 Å². The van der Waals surface area contributed by atoms with E-state index in [1.54, 1.807) is 54.6 Å². The molecule has 210 valence electrons. The van der Waals surface area contributed by atoms with Gasteiger partial charge in [-0.1, -0.05) is 77.9 Å². The molecule has 0 saturated carbocycles. The largest absolute Gasteiger partial charge is 0.494 e. The summed E-state index contributed by atoms with van der Waals surface area (Å²) in [6.45, 7) is 4.47. The minimum Gasteiger partial charge on any atom is -0.494 e. The number of carbonyl (C=O) groups is 1. The lowest BCUT2D eigenvalue weighted by molar-refractivity contribution is -0.129. The highest BCUT2D eigenvalue weighted by Crippen LogP contribution is 2.45. The van der Waals surface area contributed by atoms with Crippen molar-refractivity contribution in [3.8, 4) is 5.75 Å². The number of amides is 1. The second-order valence-corrected chi connectivity index (χ2v) is 9.18. The highest BCUT2D eigenvalue weighted by molar-refractivity contribution is 6.01. The molecule has 1 heterocycles. The van der Waals surface area contributed by atoms with E-state index < -0.39 is 17.6 Å². The smallest absolute Gasteiger partial charge is 0.266 e. The van der Waals surface area contributed by atoms with Gasteiger partial charge < -0.3 is 14.6 Å². The zero-order valence-corrected chi connectivity index (χ0v) is 22.5. The number of aliphatic hydroxyl groups excluding tert-OH is 1. The second kappa shape index (κ2) is 14.5. The van der Waals surface area contributed by atoms with Gasteiger partial charge in [-0.2, -0.15) is 0 Å². The van der Waals surface area contributed by atoms with Gasteiger partial charge in [0.15, 0.2) is 11.6 Å². The predicted molar refractivity (Wildman–Crippen MR) is 158 cm³/mol. The summed E-state index contributed by atoms with van der Waals surface area (Å²) < 4.78 is 12.1. The quantitative estimate of drug-likeness (QED) is 0.0600. The molecule has 0 fully saturated rings. The lowest BCUT2D eigenvalue weighted by Crippen LogP contribution is -2.52. The van der Waals surface area contributed by atoms with E-state index in [-0.39, 0.29) is 18.9 Å². The van der Waals surface area contributed by atoms with Gasteiger partial charge in [-0.15, -0.1) is 6.58 Å². The Balaban J connectivity index is 1.78. The van der Waals surface area contributed by atoms with Crippen LogP contribution in [0.3, 0.4) is 0 Å². The molecule has 3 N–H and O–H groups in total. The maximum atomic E-state index is 13.9. The Labute approximate surface area is 238 Å². The van der Waals surface area contributed by atoms with Crippen molar-refractivity contribution in [1.29, 1.82) is 0 Å². The molecule has 10 heteroatoms. The van der Waals surface area contributed by atoms with Gasteiger partial charge in [-0.25, -0.2) is 10.4 Å². The predicted octanol–water partition coefficient (Wildman–Crippen LogP) is 5.56. The molecule has 0 unspecified atom stereocenters. The molecule has 1 amide bonds. The van der Waals surface area contributed by atoms with Crippen molar-refractivity contribution < 1.29 is 19.4 Å². The first-order valence-electron chi connectivity index (χ1n) is 13.2. The number of aliphatic hydroxyl groups is 1. The summed E-state index contributed by atoms with van der Waals surface area (Å²) in [6.07, 6.45) is 5.24. The monoisotopic (exact) mass is 552 g/mol. The van der Waals surface area contributed by atoms with Gasteiger partial charge in [-0.3, -0.25) is 10.2 Å². The molecule has 3 aromatic carbocycles. The minimum absolute atomic E-state index is 0.0476. The van der Waals surface area contributed by atoms with Crippen molar-refractivity contribution >= 4 is 23.6 Å². The Kier molecular flexibility index (Phi) is 10.3. The number of hydrogen-bond acceptors (Lipinski definition) is 7. The zero-order valence-electron chi connectivity index (χ0n) is 22.5. The van der Waals surface area contributed by atoms with Crippen LogP contribution in [-0.2, 0) is 9.53 Å². The first-order valence-corrected chi connectivity index (χ1v) is 13.2. The molecule has 3 aromatic rings. The van der Waals surface area contributed by atoms with Crippen LogP contribution in [0.25, 0.3) is 16.5 Å². The van der Waals surface area contributed by atoms with Crippen LogP contribution in [0.1, 0.15) is 35.6 Å². The van der Waals surface area contributed by atoms with E-state index >= 15 is 0 Å². The van der Waals surface area contributed by atoms with Gasteiger partial charge >= 0.3 is 0 Å². The fourth-order valence-corrected chi connectivity index (χ4v) is 4.39. The number of ether oxygens (including phenoxy) is 2. The average Bonchev–Trinajstić information content (AvgIpc) is 3.39. The normalized spacial score (nSPS) is 17.8. The third-order valence-corrected chi connectivity index (χ3v) is 6.39. The maximum absolute atomic E-state index is 13.9. The van der Waals surface area contributed by atoms with Gasteiger partial charge in [0.05, 0.1) is 6.61 Å². The van der Waals surface area contributed by atoms with E-state index in [1.807, 2.05) is 42.5 Å². The summed E-state index contributed by atoms with van der Waals surface area (Å²) in [5, 5.41) is 12.9. The number of nitrogens with one attached hydrogen (secondary N) is 2. The molecule has 0 radical (unpaired) electrons. The number of benzene rings is 3. The van der Waals surface area contributed by atoms with Gasteiger partial charge in [0.2, 0.25) is 5.90 Å². The highest BCUT2D eigenvalue weighted by atomic mass is 16.5. The van der Waals surface area contributed by atoms with Crippen LogP contribution >= 0.6 is 0 Å². The molecule has 41 heavy (non-hydrogen) atoms. The van der Waals surface area contributed by atoms with E-state index in [1.165, 1.54) is 0 Å². The zero-order chi connectivity index (χ0) is 28.9. The topological polar surface area (TPSA) is 141 Å². The first kappa shape index (κ1) is 29.1. The van der Waals surface area contributed by atoms with E-state index in [0.29, 0.717) is 42.1 Å². The molecule has 0 saturated heterocycles. The molecular formula is C31H32N6O4. The SMILES string of the molecule is C=CCNNC(=O)[C@@]1(C/C=C/c2ccccc2)N=C(c2ccc(OCCCO)cc2)O[C@H]1c1ccccc1N=[N+]=[N-]. The van der Waals surface area contributed by atoms with Gasteiger partial charge in [0.25, 0.3) is 5.91 Å². The summed E-state index contributed by atoms with van der Waals surface area (Å²) in [6, 6.07) is 23.9. The van der Waals surface area contributed by atoms with Crippen LogP contribution in [0, 0.1) is 0 Å². The Morgan fingerprint density at radius 3 is 2.63 bits per heavy atom. The second-order valence-electron chi connectivity index (χ2n) is 9.18. The molecule has 1 aliphatic heterocycles. The van der Waals surface area contributed by atoms with Crippen molar-refractivity contribution in [1.82, 2.24) is 10.9 Å². The number of hydrogen-bond donors (Lipinski definition) is 3. The van der Waals surface area contributed by atoms with Crippen LogP contribution in [0.5, 0.6) is 5.75 Å². The van der Waals surface area contributed by atoms with Gasteiger partial charge in [0, 0.05) is 47.7 Å². The standard InChI is InChI=1S/C31H32N6O4/c1-2-20-33-36-30(39)31(19-8-12-23-10-4-3-5-11-23)28(26-13-6-7-14-27(26)35-37-32)41-29(34-31)24-15-17-25(18-16-24)40-22-9-21-38/h2-8,10-18,28,33,38H,1,9,19-22H2,(H,36,39)/b12-8+/t28-,31-/m0/s1. The first-order chi connectivity index (χ1) is 20.1. The molecule has 0 spiro atoms. The Bertz CT molecular complexity index is 1430. The Morgan fingerprint density at radius 2 is 1.90 bits per heavy atom. The Morgan fingerprint density at radius 1 is 1.15 bits per heavy atom. The van der Waals surface area contributed by atoms with Crippen molar-refractivity contribution in [3.63, 3.8) is 0 Å².